The molecule has 1 aliphatic heterocycles. The largest absolute Gasteiger partial charge is 0.423 e. The molecule has 0 aliphatic carbocycles. The molecule has 0 fully saturated rings. The van der Waals surface area contributed by atoms with E-state index in [1.165, 1.54) is 6.07 Å². The predicted molar refractivity (Wildman–Crippen MR) is 138 cm³/mol. The molecule has 1 aliphatic rings. The molecule has 0 unspecified atom stereocenters. The van der Waals surface area contributed by atoms with Gasteiger partial charge in [0.2, 0.25) is 5.91 Å². The molecule has 0 radical (unpaired) electrons. The number of nitrogens with one attached hydrogen (secondary N) is 1. The second-order valence-corrected chi connectivity index (χ2v) is 10.3. The Hall–Kier alpha value is -3.71. The van der Waals surface area contributed by atoms with Crippen molar-refractivity contribution < 1.29 is 14.0 Å². The zero-order valence-corrected chi connectivity index (χ0v) is 20.6. The number of aryl methyl sites for hydroxylation is 1. The highest BCUT2D eigenvalue weighted by Crippen LogP contribution is 2.45. The summed E-state index contributed by atoms with van der Waals surface area (Å²) < 4.78 is 5.36. The Bertz CT molecular complexity index is 1470. The number of amides is 2. The fraction of sp³-hybridized carbons (Fsp3) is 0.250. The Kier molecular flexibility index (Phi) is 6.03. The van der Waals surface area contributed by atoms with E-state index in [4.69, 9.17) is 4.42 Å². The minimum absolute atomic E-state index is 0.0558. The van der Waals surface area contributed by atoms with Crippen LogP contribution in [0, 0.1) is 12.8 Å². The molecule has 35 heavy (non-hydrogen) atoms. The summed E-state index contributed by atoms with van der Waals surface area (Å²) in [5.74, 6) is -0.630. The average molecular weight is 487 g/mol. The first kappa shape index (κ1) is 23.1. The van der Waals surface area contributed by atoms with E-state index in [1.807, 2.05) is 53.6 Å². The van der Waals surface area contributed by atoms with Crippen molar-refractivity contribution in [2.75, 3.05) is 11.9 Å². The third kappa shape index (κ3) is 4.28. The van der Waals surface area contributed by atoms with Gasteiger partial charge in [-0.25, -0.2) is 4.79 Å². The zero-order chi connectivity index (χ0) is 24.7. The molecule has 4 aromatic rings. The maximum absolute atomic E-state index is 13.9. The van der Waals surface area contributed by atoms with Gasteiger partial charge in [-0.1, -0.05) is 38.1 Å². The van der Waals surface area contributed by atoms with Gasteiger partial charge in [-0.2, -0.15) is 0 Å². The topological polar surface area (TPSA) is 79.6 Å². The van der Waals surface area contributed by atoms with Crippen molar-refractivity contribution in [1.82, 2.24) is 4.90 Å². The number of rotatable bonds is 5. The first-order chi connectivity index (χ1) is 16.8. The first-order valence-corrected chi connectivity index (χ1v) is 12.5. The molecule has 0 bridgehead atoms. The molecule has 2 aromatic heterocycles. The van der Waals surface area contributed by atoms with Crippen LogP contribution in [0.15, 0.2) is 75.3 Å². The number of hydrogen-bond donors (Lipinski definition) is 1. The Morgan fingerprint density at radius 1 is 1.09 bits per heavy atom. The number of carbonyl (C=O) groups is 2. The van der Waals surface area contributed by atoms with Crippen LogP contribution in [0.2, 0.25) is 0 Å². The number of benzene rings is 2. The molecular weight excluding hydrogens is 460 g/mol. The molecule has 5 rings (SSSR count). The summed E-state index contributed by atoms with van der Waals surface area (Å²) in [6.07, 6.45) is 0. The van der Waals surface area contributed by atoms with Gasteiger partial charge in [-0.3, -0.25) is 9.59 Å². The average Bonchev–Trinajstić information content (AvgIpc) is 3.34. The van der Waals surface area contributed by atoms with Crippen LogP contribution in [0.25, 0.3) is 11.0 Å². The second kappa shape index (κ2) is 9.15. The van der Waals surface area contributed by atoms with E-state index in [-0.39, 0.29) is 17.7 Å². The van der Waals surface area contributed by atoms with Crippen molar-refractivity contribution in [2.24, 2.45) is 5.92 Å². The highest BCUT2D eigenvalue weighted by atomic mass is 32.1. The number of carbonyl (C=O) groups excluding carboxylic acids is 2. The van der Waals surface area contributed by atoms with Gasteiger partial charge in [-0.05, 0) is 53.6 Å². The van der Waals surface area contributed by atoms with Crippen LogP contribution in [-0.2, 0) is 4.79 Å². The van der Waals surface area contributed by atoms with Crippen LogP contribution in [0.1, 0.15) is 52.2 Å². The van der Waals surface area contributed by atoms with E-state index >= 15 is 0 Å². The van der Waals surface area contributed by atoms with Gasteiger partial charge in [0.15, 0.2) is 0 Å². The van der Waals surface area contributed by atoms with Crippen LogP contribution in [0.5, 0.6) is 0 Å². The number of anilines is 1. The van der Waals surface area contributed by atoms with Gasteiger partial charge >= 0.3 is 5.63 Å². The Morgan fingerprint density at radius 2 is 1.89 bits per heavy atom. The first-order valence-electron chi connectivity index (χ1n) is 11.6. The van der Waals surface area contributed by atoms with E-state index in [0.717, 1.165) is 21.4 Å². The maximum atomic E-state index is 13.9. The van der Waals surface area contributed by atoms with Crippen molar-refractivity contribution in [2.45, 2.75) is 32.7 Å². The third-order valence-corrected chi connectivity index (χ3v) is 7.28. The van der Waals surface area contributed by atoms with Crippen LogP contribution < -0.4 is 10.9 Å². The van der Waals surface area contributed by atoms with E-state index in [1.54, 1.807) is 29.5 Å². The van der Waals surface area contributed by atoms with Gasteiger partial charge < -0.3 is 14.6 Å². The summed E-state index contributed by atoms with van der Waals surface area (Å²) in [6.45, 7) is 6.53. The van der Waals surface area contributed by atoms with Crippen molar-refractivity contribution >= 4 is 39.8 Å². The molecule has 6 nitrogen and oxygen atoms in total. The molecule has 2 amide bonds. The molecule has 178 valence electrons. The summed E-state index contributed by atoms with van der Waals surface area (Å²) in [4.78, 5) is 42.1. The monoisotopic (exact) mass is 486 g/mol. The molecule has 7 heteroatoms. The number of thiophene rings is 1. The summed E-state index contributed by atoms with van der Waals surface area (Å²) in [7, 11) is 0. The lowest BCUT2D eigenvalue weighted by molar-refractivity contribution is -0.119. The molecule has 2 aromatic carbocycles. The van der Waals surface area contributed by atoms with Gasteiger partial charge in [0.05, 0.1) is 12.0 Å². The van der Waals surface area contributed by atoms with E-state index in [2.05, 4.69) is 19.2 Å². The van der Waals surface area contributed by atoms with E-state index in [0.29, 0.717) is 23.4 Å². The molecule has 0 saturated heterocycles. The highest BCUT2D eigenvalue weighted by molar-refractivity contribution is 7.10. The Labute approximate surface area is 207 Å². The second-order valence-electron chi connectivity index (χ2n) is 9.33. The zero-order valence-electron chi connectivity index (χ0n) is 19.8. The number of hydrogen-bond acceptors (Lipinski definition) is 5. The van der Waals surface area contributed by atoms with Crippen molar-refractivity contribution in [3.63, 3.8) is 0 Å². The molecular formula is C28H26N2O4S. The quantitative estimate of drug-likeness (QED) is 0.365. The highest BCUT2D eigenvalue weighted by Gasteiger charge is 2.44. The van der Waals surface area contributed by atoms with E-state index < -0.39 is 17.6 Å². The van der Waals surface area contributed by atoms with Crippen LogP contribution >= 0.6 is 11.3 Å². The minimum atomic E-state index is -0.596. The van der Waals surface area contributed by atoms with Gasteiger partial charge in [0.1, 0.15) is 5.58 Å². The predicted octanol–water partition coefficient (Wildman–Crippen LogP) is 5.74. The fourth-order valence-corrected chi connectivity index (χ4v) is 5.74. The summed E-state index contributed by atoms with van der Waals surface area (Å²) in [6, 6.07) is 17.6. The number of nitrogens with zero attached hydrogens (tertiary/aromatic N) is 1. The lowest BCUT2D eigenvalue weighted by Gasteiger charge is -2.42. The normalized spacial score (nSPS) is 17.6. The Morgan fingerprint density at radius 3 is 2.63 bits per heavy atom. The summed E-state index contributed by atoms with van der Waals surface area (Å²) >= 11 is 1.55. The van der Waals surface area contributed by atoms with Crippen molar-refractivity contribution in [1.29, 1.82) is 0 Å². The van der Waals surface area contributed by atoms with Gasteiger partial charge in [0.25, 0.3) is 5.91 Å². The molecule has 1 N–H and O–H groups in total. The van der Waals surface area contributed by atoms with Crippen LogP contribution in [0.4, 0.5) is 5.69 Å². The van der Waals surface area contributed by atoms with Crippen molar-refractivity contribution in [3.8, 4) is 0 Å². The molecule has 3 heterocycles. The molecule has 0 saturated carbocycles. The number of fused-ring (bicyclic) bond motifs is 2. The Balaban J connectivity index is 1.59. The molecule has 2 atom stereocenters. The van der Waals surface area contributed by atoms with Crippen molar-refractivity contribution in [3.05, 3.63) is 98.0 Å². The smallest absolute Gasteiger partial charge is 0.336 e. The lowest BCUT2D eigenvalue weighted by Crippen LogP contribution is -2.47. The summed E-state index contributed by atoms with van der Waals surface area (Å²) in [5.41, 5.74) is 2.61. The van der Waals surface area contributed by atoms with Gasteiger partial charge in [0, 0.05) is 40.2 Å². The fourth-order valence-electron chi connectivity index (χ4n) is 4.87. The third-order valence-electron chi connectivity index (χ3n) is 6.34. The molecule has 0 spiro atoms. The lowest BCUT2D eigenvalue weighted by atomic mass is 9.81. The SMILES string of the molecule is Cc1cc(=O)oc2cc(NC(=O)[C@@H]3c4ccccc4C(=O)N(CC(C)C)[C@@H]3c3cccs3)ccc12. The maximum Gasteiger partial charge on any atom is 0.336 e. The minimum Gasteiger partial charge on any atom is -0.423 e. The standard InChI is InChI=1S/C28H26N2O4S/c1-16(2)15-30-26(23-9-6-12-35-23)25(20-7-4-5-8-21(20)28(30)33)27(32)29-18-10-11-19-17(3)13-24(31)34-22(19)14-18/h4-14,16,25-26H,15H2,1-3H3,(H,29,32)/t25-,26-/m1/s1. The van der Waals surface area contributed by atoms with Crippen LogP contribution in [-0.4, -0.2) is 23.3 Å². The van der Waals surface area contributed by atoms with E-state index in [9.17, 15) is 14.4 Å². The van der Waals surface area contributed by atoms with Crippen LogP contribution in [0.3, 0.4) is 0 Å². The summed E-state index contributed by atoms with van der Waals surface area (Å²) in [5, 5.41) is 5.81. The van der Waals surface area contributed by atoms with Gasteiger partial charge in [-0.15, -0.1) is 11.3 Å².